The number of piperidine rings is 1. The molecule has 0 aliphatic carbocycles. The van der Waals surface area contributed by atoms with Crippen LogP contribution in [0.15, 0.2) is 41.8 Å². The van der Waals surface area contributed by atoms with Gasteiger partial charge in [-0.25, -0.2) is 0 Å². The van der Waals surface area contributed by atoms with E-state index in [0.29, 0.717) is 6.04 Å². The average molecular weight is 371 g/mol. The van der Waals surface area contributed by atoms with E-state index in [0.717, 1.165) is 48.5 Å². The maximum absolute atomic E-state index is 12.6. The Kier molecular flexibility index (Phi) is 4.76. The molecule has 1 aromatic carbocycles. The average Bonchev–Trinajstić information content (AvgIpc) is 3.17. The van der Waals surface area contributed by atoms with Crippen LogP contribution in [0.1, 0.15) is 54.4 Å². The lowest BCUT2D eigenvalue weighted by molar-refractivity contribution is -0.0305. The number of hydrogen-bond donors (Lipinski definition) is 1. The number of nitrogens with one attached hydrogen (secondary N) is 1. The van der Waals surface area contributed by atoms with Crippen LogP contribution in [0.4, 0.5) is 0 Å². The molecule has 5 heteroatoms. The van der Waals surface area contributed by atoms with Gasteiger partial charge >= 0.3 is 0 Å². The third kappa shape index (κ3) is 3.38. The first-order valence-corrected chi connectivity index (χ1v) is 10.3. The molecule has 1 spiro atoms. The quantitative estimate of drug-likeness (QED) is 0.878. The van der Waals surface area contributed by atoms with Crippen LogP contribution in [0.25, 0.3) is 0 Å². The molecular formula is C21H26N2O2S. The molecule has 1 unspecified atom stereocenters. The van der Waals surface area contributed by atoms with Gasteiger partial charge in [-0.15, -0.1) is 11.3 Å². The minimum Gasteiger partial charge on any atom is -0.487 e. The van der Waals surface area contributed by atoms with Crippen molar-refractivity contribution in [2.75, 3.05) is 13.1 Å². The second-order valence-electron chi connectivity index (χ2n) is 7.66. The monoisotopic (exact) mass is 370 g/mol. The molecule has 4 rings (SSSR count). The summed E-state index contributed by atoms with van der Waals surface area (Å²) in [6, 6.07) is 12.5. The van der Waals surface area contributed by atoms with Crippen LogP contribution in [-0.4, -0.2) is 35.5 Å². The zero-order valence-electron chi connectivity index (χ0n) is 15.4. The molecule has 0 bridgehead atoms. The number of hydrogen-bond acceptors (Lipinski definition) is 4. The molecule has 1 saturated heterocycles. The molecule has 2 aromatic rings. The van der Waals surface area contributed by atoms with E-state index in [4.69, 9.17) is 4.74 Å². The maximum Gasteiger partial charge on any atom is 0.261 e. The summed E-state index contributed by atoms with van der Waals surface area (Å²) in [5.74, 6) is 0.935. The summed E-state index contributed by atoms with van der Waals surface area (Å²) in [4.78, 5) is 15.9. The number of thiophene rings is 1. The highest BCUT2D eigenvalue weighted by atomic mass is 32.1. The Hall–Kier alpha value is -1.85. The number of carbonyl (C=O) groups excluding carboxylic acids is 1. The second kappa shape index (κ2) is 7.05. The van der Waals surface area contributed by atoms with Gasteiger partial charge in [-0.2, -0.15) is 0 Å². The fraction of sp³-hybridized carbons (Fsp3) is 0.476. The van der Waals surface area contributed by atoms with Crippen LogP contribution in [0.3, 0.4) is 0 Å². The summed E-state index contributed by atoms with van der Waals surface area (Å²) in [5, 5.41) is 5.20. The van der Waals surface area contributed by atoms with Crippen molar-refractivity contribution in [2.24, 2.45) is 0 Å². The molecule has 1 N–H and O–H groups in total. The number of rotatable bonds is 3. The van der Waals surface area contributed by atoms with Crippen LogP contribution < -0.4 is 10.1 Å². The first-order valence-electron chi connectivity index (χ1n) is 9.43. The maximum atomic E-state index is 12.6. The molecular weight excluding hydrogens is 344 g/mol. The van der Waals surface area contributed by atoms with Crippen molar-refractivity contribution < 1.29 is 9.53 Å². The van der Waals surface area contributed by atoms with E-state index in [1.807, 2.05) is 35.7 Å². The summed E-state index contributed by atoms with van der Waals surface area (Å²) in [5.41, 5.74) is 0.918. The topological polar surface area (TPSA) is 41.6 Å². The van der Waals surface area contributed by atoms with Gasteiger partial charge in [0, 0.05) is 31.1 Å². The zero-order valence-corrected chi connectivity index (χ0v) is 16.2. The van der Waals surface area contributed by atoms with Gasteiger partial charge in [0.2, 0.25) is 0 Å². The van der Waals surface area contributed by atoms with Crippen molar-refractivity contribution in [3.63, 3.8) is 0 Å². The van der Waals surface area contributed by atoms with Gasteiger partial charge in [0.25, 0.3) is 5.91 Å². The van der Waals surface area contributed by atoms with Gasteiger partial charge in [0.1, 0.15) is 11.4 Å². The van der Waals surface area contributed by atoms with E-state index in [9.17, 15) is 4.79 Å². The van der Waals surface area contributed by atoms with Crippen molar-refractivity contribution in [1.82, 2.24) is 10.2 Å². The molecule has 1 aromatic heterocycles. The lowest BCUT2D eigenvalue weighted by atomic mass is 9.80. The number of nitrogens with zero attached hydrogens (tertiary/aromatic N) is 1. The molecule has 1 amide bonds. The zero-order chi connectivity index (χ0) is 18.1. The first-order chi connectivity index (χ1) is 12.6. The summed E-state index contributed by atoms with van der Waals surface area (Å²) in [6.07, 6.45) is 2.85. The minimum absolute atomic E-state index is 0.000139. The van der Waals surface area contributed by atoms with E-state index >= 15 is 0 Å². The Morgan fingerprint density at radius 2 is 2.00 bits per heavy atom. The number of ether oxygens (including phenoxy) is 1. The highest BCUT2D eigenvalue weighted by Crippen LogP contribution is 2.44. The fourth-order valence-corrected chi connectivity index (χ4v) is 4.77. The van der Waals surface area contributed by atoms with Crippen molar-refractivity contribution in [2.45, 2.75) is 50.8 Å². The number of para-hydroxylation sites is 1. The standard InChI is InChI=1S/C21H26N2O2S/c1-15(2)23-11-9-21(10-12-23)14-17(16-6-3-4-7-18(16)25-21)22-20(24)19-8-5-13-26-19/h3-8,13,15,17H,9-12,14H2,1-2H3,(H,22,24). The third-order valence-corrected chi connectivity index (χ3v) is 6.56. The predicted octanol–water partition coefficient (Wildman–Crippen LogP) is 4.24. The van der Waals surface area contributed by atoms with Crippen LogP contribution in [0, 0.1) is 0 Å². The van der Waals surface area contributed by atoms with Gasteiger partial charge in [-0.1, -0.05) is 24.3 Å². The molecule has 26 heavy (non-hydrogen) atoms. The number of fused-ring (bicyclic) bond motifs is 1. The Bertz CT molecular complexity index is 764. The highest BCUT2D eigenvalue weighted by molar-refractivity contribution is 7.12. The molecule has 3 heterocycles. The van der Waals surface area contributed by atoms with Gasteiger partial charge in [0.15, 0.2) is 0 Å². The summed E-state index contributed by atoms with van der Waals surface area (Å²) in [6.45, 7) is 6.59. The molecule has 138 valence electrons. The van der Waals surface area contributed by atoms with E-state index in [1.165, 1.54) is 11.3 Å². The van der Waals surface area contributed by atoms with Crippen molar-refractivity contribution in [3.8, 4) is 5.75 Å². The Morgan fingerprint density at radius 1 is 1.23 bits per heavy atom. The normalized spacial score (nSPS) is 22.0. The van der Waals surface area contributed by atoms with Crippen molar-refractivity contribution >= 4 is 17.2 Å². The largest absolute Gasteiger partial charge is 0.487 e. The van der Waals surface area contributed by atoms with Gasteiger partial charge in [-0.05, 0) is 44.2 Å². The number of carbonyl (C=O) groups is 1. The molecule has 1 atom stereocenters. The Balaban J connectivity index is 1.57. The molecule has 4 nitrogen and oxygen atoms in total. The minimum atomic E-state index is -0.173. The summed E-state index contributed by atoms with van der Waals surface area (Å²) < 4.78 is 6.52. The molecule has 0 saturated carbocycles. The molecule has 2 aliphatic heterocycles. The molecule has 0 radical (unpaired) electrons. The van der Waals surface area contributed by atoms with Crippen molar-refractivity contribution in [1.29, 1.82) is 0 Å². The predicted molar refractivity (Wildman–Crippen MR) is 105 cm³/mol. The Labute approximate surface area is 159 Å². The van der Waals surface area contributed by atoms with Crippen LogP contribution in [0.5, 0.6) is 5.75 Å². The number of benzene rings is 1. The lowest BCUT2D eigenvalue weighted by Crippen LogP contribution is -2.53. The van der Waals surface area contributed by atoms with Crippen LogP contribution in [-0.2, 0) is 0 Å². The molecule has 2 aliphatic rings. The van der Waals surface area contributed by atoms with Crippen LogP contribution >= 0.6 is 11.3 Å². The number of amides is 1. The Morgan fingerprint density at radius 3 is 2.69 bits per heavy atom. The van der Waals surface area contributed by atoms with E-state index in [-0.39, 0.29) is 17.6 Å². The summed E-state index contributed by atoms with van der Waals surface area (Å²) in [7, 11) is 0. The van der Waals surface area contributed by atoms with E-state index in [1.54, 1.807) is 0 Å². The highest BCUT2D eigenvalue weighted by Gasteiger charge is 2.43. The summed E-state index contributed by atoms with van der Waals surface area (Å²) >= 11 is 1.48. The number of likely N-dealkylation sites (tertiary alicyclic amines) is 1. The van der Waals surface area contributed by atoms with E-state index in [2.05, 4.69) is 30.1 Å². The molecule has 1 fully saturated rings. The third-order valence-electron chi connectivity index (χ3n) is 5.69. The van der Waals surface area contributed by atoms with Gasteiger partial charge < -0.3 is 15.0 Å². The second-order valence-corrected chi connectivity index (χ2v) is 8.61. The van der Waals surface area contributed by atoms with Gasteiger partial charge in [-0.3, -0.25) is 4.79 Å². The first kappa shape index (κ1) is 17.6. The SMILES string of the molecule is CC(C)N1CCC2(CC1)CC(NC(=O)c1cccs1)c1ccccc1O2. The van der Waals surface area contributed by atoms with Crippen molar-refractivity contribution in [3.05, 3.63) is 52.2 Å². The lowest BCUT2D eigenvalue weighted by Gasteiger charge is -2.47. The van der Waals surface area contributed by atoms with Crippen LogP contribution in [0.2, 0.25) is 0 Å². The fourth-order valence-electron chi connectivity index (χ4n) is 4.14. The smallest absolute Gasteiger partial charge is 0.261 e. The van der Waals surface area contributed by atoms with Gasteiger partial charge in [0.05, 0.1) is 10.9 Å². The van der Waals surface area contributed by atoms with E-state index < -0.39 is 0 Å².